The first-order chi connectivity index (χ1) is 12.1. The fraction of sp³-hybridized carbons (Fsp3) is 0.333. The lowest BCUT2D eigenvalue weighted by Gasteiger charge is -2.17. The Hall–Kier alpha value is -3.30. The lowest BCUT2D eigenvalue weighted by molar-refractivity contribution is -0.154. The first-order valence-electron chi connectivity index (χ1n) is 7.66. The number of hydrogen-bond acceptors (Lipinski definition) is 7. The molecule has 1 aliphatic heterocycles. The van der Waals surface area contributed by atoms with Gasteiger partial charge in [0.1, 0.15) is 6.33 Å². The topological polar surface area (TPSA) is 119 Å². The SMILES string of the molecule is O=C(OCC(=O)N1CCNC1=O)[C@H](Cc1ccccc1)n1cnnn1. The molecular weight excluding hydrogens is 328 g/mol. The number of hydrogen-bond donors (Lipinski definition) is 1. The number of urea groups is 1. The first-order valence-corrected chi connectivity index (χ1v) is 7.66. The minimum Gasteiger partial charge on any atom is -0.454 e. The molecule has 0 saturated carbocycles. The Morgan fingerprint density at radius 3 is 2.72 bits per heavy atom. The Morgan fingerprint density at radius 2 is 2.08 bits per heavy atom. The summed E-state index contributed by atoms with van der Waals surface area (Å²) in [6.07, 6.45) is 1.62. The van der Waals surface area contributed by atoms with E-state index in [0.29, 0.717) is 13.0 Å². The lowest BCUT2D eigenvalue weighted by atomic mass is 10.1. The molecule has 130 valence electrons. The normalized spacial score (nSPS) is 14.9. The van der Waals surface area contributed by atoms with Crippen LogP contribution in [-0.2, 0) is 20.7 Å². The molecule has 2 heterocycles. The summed E-state index contributed by atoms with van der Waals surface area (Å²) in [5, 5.41) is 13.3. The van der Waals surface area contributed by atoms with Crippen molar-refractivity contribution in [1.82, 2.24) is 30.4 Å². The number of nitrogens with zero attached hydrogens (tertiary/aromatic N) is 5. The number of carbonyl (C=O) groups excluding carboxylic acids is 3. The second kappa shape index (κ2) is 7.51. The molecule has 0 spiro atoms. The van der Waals surface area contributed by atoms with Crippen LogP contribution in [0.3, 0.4) is 0 Å². The summed E-state index contributed by atoms with van der Waals surface area (Å²) in [6.45, 7) is 0.134. The monoisotopic (exact) mass is 344 g/mol. The second-order valence-corrected chi connectivity index (χ2v) is 5.38. The van der Waals surface area contributed by atoms with E-state index < -0.39 is 30.6 Å². The molecule has 1 aliphatic rings. The number of amides is 3. The summed E-state index contributed by atoms with van der Waals surface area (Å²) >= 11 is 0. The van der Waals surface area contributed by atoms with Crippen molar-refractivity contribution in [2.75, 3.05) is 19.7 Å². The average Bonchev–Trinajstić information content (AvgIpc) is 3.30. The fourth-order valence-corrected chi connectivity index (χ4v) is 2.45. The van der Waals surface area contributed by atoms with Gasteiger partial charge in [0.15, 0.2) is 12.6 Å². The average molecular weight is 344 g/mol. The van der Waals surface area contributed by atoms with E-state index in [1.165, 1.54) is 11.0 Å². The third-order valence-electron chi connectivity index (χ3n) is 3.72. The number of esters is 1. The maximum Gasteiger partial charge on any atom is 0.331 e. The van der Waals surface area contributed by atoms with Gasteiger partial charge in [-0.05, 0) is 16.0 Å². The van der Waals surface area contributed by atoms with E-state index in [1.54, 1.807) is 0 Å². The van der Waals surface area contributed by atoms with Crippen LogP contribution in [0.4, 0.5) is 4.79 Å². The molecule has 1 saturated heterocycles. The molecule has 0 unspecified atom stereocenters. The number of imide groups is 1. The third-order valence-corrected chi connectivity index (χ3v) is 3.72. The van der Waals surface area contributed by atoms with Gasteiger partial charge in [-0.1, -0.05) is 30.3 Å². The molecule has 3 amide bonds. The van der Waals surface area contributed by atoms with E-state index in [9.17, 15) is 14.4 Å². The van der Waals surface area contributed by atoms with Crippen molar-refractivity contribution in [3.8, 4) is 0 Å². The van der Waals surface area contributed by atoms with E-state index in [2.05, 4.69) is 20.8 Å². The molecule has 1 fully saturated rings. The van der Waals surface area contributed by atoms with Crippen LogP contribution in [0, 0.1) is 0 Å². The van der Waals surface area contributed by atoms with Gasteiger partial charge in [0, 0.05) is 19.5 Å². The summed E-state index contributed by atoms with van der Waals surface area (Å²) < 4.78 is 6.38. The number of rotatable bonds is 6. The minimum absolute atomic E-state index is 0.260. The van der Waals surface area contributed by atoms with Crippen molar-refractivity contribution >= 4 is 17.9 Å². The van der Waals surface area contributed by atoms with Crippen LogP contribution in [0.15, 0.2) is 36.7 Å². The smallest absolute Gasteiger partial charge is 0.331 e. The highest BCUT2D eigenvalue weighted by molar-refractivity contribution is 5.97. The van der Waals surface area contributed by atoms with Gasteiger partial charge in [-0.15, -0.1) is 5.10 Å². The summed E-state index contributed by atoms with van der Waals surface area (Å²) in [7, 11) is 0. The van der Waals surface area contributed by atoms with E-state index in [1.807, 2.05) is 30.3 Å². The minimum atomic E-state index is -0.808. The van der Waals surface area contributed by atoms with E-state index >= 15 is 0 Å². The van der Waals surface area contributed by atoms with Crippen molar-refractivity contribution in [2.24, 2.45) is 0 Å². The molecule has 10 heteroatoms. The third kappa shape index (κ3) is 3.97. The first kappa shape index (κ1) is 16.6. The molecular formula is C15H16N6O4. The highest BCUT2D eigenvalue weighted by atomic mass is 16.5. The van der Waals surface area contributed by atoms with Crippen LogP contribution in [-0.4, -0.2) is 62.7 Å². The van der Waals surface area contributed by atoms with Crippen LogP contribution in [0.1, 0.15) is 11.6 Å². The number of carbonyl (C=O) groups is 3. The Labute approximate surface area is 142 Å². The molecule has 0 aliphatic carbocycles. The summed E-state index contributed by atoms with van der Waals surface area (Å²) in [4.78, 5) is 36.9. The zero-order valence-electron chi connectivity index (χ0n) is 13.2. The summed E-state index contributed by atoms with van der Waals surface area (Å²) in [6, 6.07) is 8.02. The number of aromatic nitrogens is 4. The largest absolute Gasteiger partial charge is 0.454 e. The summed E-state index contributed by atoms with van der Waals surface area (Å²) in [5.41, 5.74) is 0.894. The predicted octanol–water partition coefficient (Wildman–Crippen LogP) is -0.448. The van der Waals surface area contributed by atoms with Gasteiger partial charge in [-0.2, -0.15) is 0 Å². The number of tetrazole rings is 1. The maximum absolute atomic E-state index is 12.4. The van der Waals surface area contributed by atoms with Gasteiger partial charge in [0.05, 0.1) is 0 Å². The maximum atomic E-state index is 12.4. The molecule has 10 nitrogen and oxygen atoms in total. The zero-order chi connectivity index (χ0) is 17.6. The Balaban J connectivity index is 1.65. The van der Waals surface area contributed by atoms with Crippen molar-refractivity contribution < 1.29 is 19.1 Å². The van der Waals surface area contributed by atoms with Crippen LogP contribution < -0.4 is 5.32 Å². The van der Waals surface area contributed by atoms with Gasteiger partial charge in [0.25, 0.3) is 5.91 Å². The van der Waals surface area contributed by atoms with Gasteiger partial charge in [0.2, 0.25) is 0 Å². The quantitative estimate of drug-likeness (QED) is 0.705. The Morgan fingerprint density at radius 1 is 1.28 bits per heavy atom. The van der Waals surface area contributed by atoms with Crippen LogP contribution in [0.5, 0.6) is 0 Å². The zero-order valence-corrected chi connectivity index (χ0v) is 13.2. The van der Waals surface area contributed by atoms with E-state index in [0.717, 1.165) is 10.5 Å². The van der Waals surface area contributed by atoms with Crippen LogP contribution in [0.25, 0.3) is 0 Å². The van der Waals surface area contributed by atoms with Gasteiger partial charge in [-0.3, -0.25) is 9.69 Å². The molecule has 3 rings (SSSR count). The molecule has 1 N–H and O–H groups in total. The highest BCUT2D eigenvalue weighted by Gasteiger charge is 2.29. The molecule has 25 heavy (non-hydrogen) atoms. The van der Waals surface area contributed by atoms with Crippen molar-refractivity contribution in [3.63, 3.8) is 0 Å². The predicted molar refractivity (Wildman–Crippen MR) is 83.1 cm³/mol. The van der Waals surface area contributed by atoms with Gasteiger partial charge < -0.3 is 10.1 Å². The highest BCUT2D eigenvalue weighted by Crippen LogP contribution is 2.15. The second-order valence-electron chi connectivity index (χ2n) is 5.38. The Bertz CT molecular complexity index is 749. The standard InChI is InChI=1S/C15H16N6O4/c22-13(20-7-6-16-15(20)24)9-25-14(23)12(21-10-17-18-19-21)8-11-4-2-1-3-5-11/h1-5,10,12H,6-9H2,(H,16,24)/t12-/m0/s1. The summed E-state index contributed by atoms with van der Waals surface area (Å²) in [5.74, 6) is -1.22. The molecule has 0 radical (unpaired) electrons. The van der Waals surface area contributed by atoms with Crippen molar-refractivity contribution in [3.05, 3.63) is 42.2 Å². The fourth-order valence-electron chi connectivity index (χ4n) is 2.45. The van der Waals surface area contributed by atoms with E-state index in [4.69, 9.17) is 4.74 Å². The molecule has 1 aromatic heterocycles. The van der Waals surface area contributed by atoms with Crippen LogP contribution in [0.2, 0.25) is 0 Å². The number of benzene rings is 1. The number of ether oxygens (including phenoxy) is 1. The molecule has 1 aromatic carbocycles. The van der Waals surface area contributed by atoms with Gasteiger partial charge >= 0.3 is 12.0 Å². The van der Waals surface area contributed by atoms with Crippen molar-refractivity contribution in [2.45, 2.75) is 12.5 Å². The molecule has 1 atom stereocenters. The van der Waals surface area contributed by atoms with Crippen molar-refractivity contribution in [1.29, 1.82) is 0 Å². The molecule has 2 aromatic rings. The Kier molecular flexibility index (Phi) is 4.97. The lowest BCUT2D eigenvalue weighted by Crippen LogP contribution is -2.38. The van der Waals surface area contributed by atoms with Crippen LogP contribution >= 0.6 is 0 Å². The molecule has 0 bridgehead atoms. The van der Waals surface area contributed by atoms with Gasteiger partial charge in [-0.25, -0.2) is 14.3 Å². The number of nitrogens with one attached hydrogen (secondary N) is 1. The van der Waals surface area contributed by atoms with E-state index in [-0.39, 0.29) is 6.54 Å².